The van der Waals surface area contributed by atoms with E-state index in [-0.39, 0.29) is 5.41 Å². The van der Waals surface area contributed by atoms with Gasteiger partial charge in [-0.1, -0.05) is 20.8 Å². The normalized spacial score (nSPS) is 10.9. The van der Waals surface area contributed by atoms with E-state index in [4.69, 9.17) is 4.74 Å². The summed E-state index contributed by atoms with van der Waals surface area (Å²) < 4.78 is 9.68. The molecule has 66 valence electrons. The van der Waals surface area contributed by atoms with Crippen LogP contribution in [-0.4, -0.2) is 17.4 Å². The van der Waals surface area contributed by atoms with Crippen molar-refractivity contribution in [2.24, 2.45) is 5.41 Å². The second-order valence-electron chi connectivity index (χ2n) is 3.35. The zero-order valence-electron chi connectivity index (χ0n) is 7.02. The highest BCUT2D eigenvalue weighted by molar-refractivity contribution is 14.1. The highest BCUT2D eigenvalue weighted by atomic mass is 127. The van der Waals surface area contributed by atoms with Crippen LogP contribution in [0.4, 0.5) is 4.79 Å². The molecule has 0 saturated carbocycles. The van der Waals surface area contributed by atoms with Gasteiger partial charge in [-0.15, -0.1) is 0 Å². The first-order valence-corrected chi connectivity index (χ1v) is 4.84. The van der Waals surface area contributed by atoms with Gasteiger partial charge in [0.1, 0.15) is 4.61 Å². The maximum absolute atomic E-state index is 10.6. The van der Waals surface area contributed by atoms with Crippen molar-refractivity contribution in [2.45, 2.75) is 20.8 Å². The Hall–Kier alpha value is 0. The van der Waals surface area contributed by atoms with E-state index in [1.807, 2.05) is 43.4 Å². The SMILES string of the molecule is CC(C)(C)COC(=O)OCI. The lowest BCUT2D eigenvalue weighted by atomic mass is 9.99. The number of halogens is 1. The van der Waals surface area contributed by atoms with E-state index in [1.54, 1.807) is 0 Å². The minimum absolute atomic E-state index is 0.00426. The van der Waals surface area contributed by atoms with Crippen LogP contribution in [0.15, 0.2) is 0 Å². The number of rotatable bonds is 2. The van der Waals surface area contributed by atoms with E-state index < -0.39 is 6.16 Å². The molecule has 3 nitrogen and oxygen atoms in total. The van der Waals surface area contributed by atoms with Gasteiger partial charge in [-0.05, 0) is 28.0 Å². The lowest BCUT2D eigenvalue weighted by Gasteiger charge is -2.16. The largest absolute Gasteiger partial charge is 0.509 e. The minimum Gasteiger partial charge on any atom is -0.434 e. The zero-order valence-corrected chi connectivity index (χ0v) is 9.17. The van der Waals surface area contributed by atoms with E-state index in [9.17, 15) is 4.79 Å². The van der Waals surface area contributed by atoms with E-state index in [0.717, 1.165) is 0 Å². The summed E-state index contributed by atoms with van der Waals surface area (Å²) in [6, 6.07) is 0. The monoisotopic (exact) mass is 272 g/mol. The summed E-state index contributed by atoms with van der Waals surface area (Å²) in [5.74, 6) is 0. The second-order valence-corrected chi connectivity index (χ2v) is 3.98. The molecule has 0 spiro atoms. The third kappa shape index (κ3) is 7.90. The smallest absolute Gasteiger partial charge is 0.434 e. The molecule has 0 amide bonds. The van der Waals surface area contributed by atoms with E-state index in [0.29, 0.717) is 11.2 Å². The predicted molar refractivity (Wildman–Crippen MR) is 50.8 cm³/mol. The molecule has 0 bridgehead atoms. The van der Waals surface area contributed by atoms with Crippen LogP contribution in [0.3, 0.4) is 0 Å². The Morgan fingerprint density at radius 1 is 1.36 bits per heavy atom. The second kappa shape index (κ2) is 4.79. The molecular weight excluding hydrogens is 259 g/mol. The first kappa shape index (κ1) is 11.0. The Balaban J connectivity index is 3.46. The summed E-state index contributed by atoms with van der Waals surface area (Å²) in [6.45, 7) is 6.36. The molecule has 0 aliphatic rings. The molecule has 0 heterocycles. The number of carbonyl (C=O) groups is 1. The van der Waals surface area contributed by atoms with Crippen molar-refractivity contribution < 1.29 is 14.3 Å². The van der Waals surface area contributed by atoms with Gasteiger partial charge >= 0.3 is 6.16 Å². The Bertz CT molecular complexity index is 128. The van der Waals surface area contributed by atoms with Gasteiger partial charge in [-0.2, -0.15) is 0 Å². The quantitative estimate of drug-likeness (QED) is 0.440. The maximum atomic E-state index is 10.6. The number of hydrogen-bond donors (Lipinski definition) is 0. The van der Waals surface area contributed by atoms with Gasteiger partial charge in [0.2, 0.25) is 0 Å². The zero-order chi connectivity index (χ0) is 8.91. The Kier molecular flexibility index (Phi) is 4.79. The van der Waals surface area contributed by atoms with Crippen LogP contribution in [0.25, 0.3) is 0 Å². The van der Waals surface area contributed by atoms with Crippen molar-refractivity contribution in [3.05, 3.63) is 0 Å². The molecule has 0 radical (unpaired) electrons. The molecule has 4 heteroatoms. The number of carbonyl (C=O) groups excluding carboxylic acids is 1. The molecule has 0 atom stereocenters. The molecule has 0 aromatic carbocycles. The molecule has 0 rings (SSSR count). The third-order valence-electron chi connectivity index (χ3n) is 0.795. The van der Waals surface area contributed by atoms with Crippen LogP contribution >= 0.6 is 22.6 Å². The summed E-state index contributed by atoms with van der Waals surface area (Å²) in [6.07, 6.45) is -0.589. The topological polar surface area (TPSA) is 35.5 Å². The van der Waals surface area contributed by atoms with E-state index in [2.05, 4.69) is 4.74 Å². The highest BCUT2D eigenvalue weighted by Gasteiger charge is 2.13. The molecule has 0 aliphatic carbocycles. The van der Waals surface area contributed by atoms with Crippen molar-refractivity contribution in [1.29, 1.82) is 0 Å². The van der Waals surface area contributed by atoms with E-state index in [1.165, 1.54) is 0 Å². The van der Waals surface area contributed by atoms with Crippen LogP contribution in [0.1, 0.15) is 20.8 Å². The molecule has 0 N–H and O–H groups in total. The molecular formula is C7H13IO3. The lowest BCUT2D eigenvalue weighted by Crippen LogP contribution is -2.18. The fraction of sp³-hybridized carbons (Fsp3) is 0.857. The Morgan fingerprint density at radius 2 is 1.91 bits per heavy atom. The molecule has 0 aromatic heterocycles. The fourth-order valence-electron chi connectivity index (χ4n) is 0.362. The summed E-state index contributed by atoms with van der Waals surface area (Å²) >= 11 is 1.94. The molecule has 0 unspecified atom stereocenters. The summed E-state index contributed by atoms with van der Waals surface area (Å²) in [5.41, 5.74) is 0.00426. The van der Waals surface area contributed by atoms with Crippen molar-refractivity contribution in [1.82, 2.24) is 0 Å². The first-order valence-electron chi connectivity index (χ1n) is 3.31. The van der Waals surface area contributed by atoms with Crippen LogP contribution in [0, 0.1) is 5.41 Å². The summed E-state index contributed by atoms with van der Waals surface area (Å²) in [4.78, 5) is 10.6. The van der Waals surface area contributed by atoms with Crippen LogP contribution in [0.2, 0.25) is 0 Å². The summed E-state index contributed by atoms with van der Waals surface area (Å²) in [5, 5.41) is 0. The standard InChI is InChI=1S/C7H13IO3/c1-7(2,3)4-10-6(9)11-5-8/h4-5H2,1-3H3. The first-order chi connectivity index (χ1) is 4.95. The van der Waals surface area contributed by atoms with Gasteiger partial charge in [0.05, 0.1) is 6.61 Å². The van der Waals surface area contributed by atoms with Crippen LogP contribution < -0.4 is 0 Å². The van der Waals surface area contributed by atoms with E-state index >= 15 is 0 Å². The third-order valence-corrected chi connectivity index (χ3v) is 1.11. The average molecular weight is 272 g/mol. The molecule has 11 heavy (non-hydrogen) atoms. The van der Waals surface area contributed by atoms with Crippen LogP contribution in [-0.2, 0) is 9.47 Å². The van der Waals surface area contributed by atoms with Crippen molar-refractivity contribution in [3.8, 4) is 0 Å². The molecule has 0 saturated heterocycles. The van der Waals surface area contributed by atoms with Gasteiger partial charge in [-0.3, -0.25) is 0 Å². The van der Waals surface area contributed by atoms with Gasteiger partial charge in [0.25, 0.3) is 0 Å². The number of ether oxygens (including phenoxy) is 2. The Morgan fingerprint density at radius 3 is 2.27 bits per heavy atom. The van der Waals surface area contributed by atoms with Gasteiger partial charge in [0, 0.05) is 0 Å². The average Bonchev–Trinajstić information content (AvgIpc) is 1.83. The Labute approximate surface area is 80.6 Å². The summed E-state index contributed by atoms with van der Waals surface area (Å²) in [7, 11) is 0. The number of alkyl halides is 1. The van der Waals surface area contributed by atoms with Crippen molar-refractivity contribution in [3.63, 3.8) is 0 Å². The van der Waals surface area contributed by atoms with Crippen molar-refractivity contribution in [2.75, 3.05) is 11.2 Å². The molecule has 0 aromatic rings. The minimum atomic E-state index is -0.589. The van der Waals surface area contributed by atoms with Crippen LogP contribution in [0.5, 0.6) is 0 Å². The number of hydrogen-bond acceptors (Lipinski definition) is 3. The fourth-order valence-corrected chi connectivity index (χ4v) is 0.616. The predicted octanol–water partition coefficient (Wildman–Crippen LogP) is 2.58. The maximum Gasteiger partial charge on any atom is 0.509 e. The molecule has 0 aliphatic heterocycles. The van der Waals surface area contributed by atoms with Gasteiger partial charge in [-0.25, -0.2) is 4.79 Å². The highest BCUT2D eigenvalue weighted by Crippen LogP contribution is 2.13. The lowest BCUT2D eigenvalue weighted by molar-refractivity contribution is 0.0456. The molecule has 0 fully saturated rings. The van der Waals surface area contributed by atoms with Gasteiger partial charge in [0.15, 0.2) is 0 Å². The van der Waals surface area contributed by atoms with Gasteiger partial charge < -0.3 is 9.47 Å². The van der Waals surface area contributed by atoms with Crippen molar-refractivity contribution >= 4 is 28.7 Å².